The summed E-state index contributed by atoms with van der Waals surface area (Å²) in [5.41, 5.74) is 1.15. The highest BCUT2D eigenvalue weighted by Gasteiger charge is 2.28. The number of hydrogen-bond acceptors (Lipinski definition) is 4. The van der Waals surface area contributed by atoms with Crippen molar-refractivity contribution in [2.24, 2.45) is 0 Å². The van der Waals surface area contributed by atoms with Gasteiger partial charge in [-0.2, -0.15) is 0 Å². The van der Waals surface area contributed by atoms with Gasteiger partial charge in [0.25, 0.3) is 0 Å². The van der Waals surface area contributed by atoms with Crippen LogP contribution >= 0.6 is 0 Å². The highest BCUT2D eigenvalue weighted by molar-refractivity contribution is 5.78. The number of carbonyl (C=O) groups is 1. The smallest absolute Gasteiger partial charge is 0.234 e. The second kappa shape index (κ2) is 9.20. The van der Waals surface area contributed by atoms with Crippen LogP contribution < -0.4 is 15.4 Å². The molecular formula is C20H31N3O2. The molecule has 1 aromatic rings. The molecule has 1 saturated heterocycles. The van der Waals surface area contributed by atoms with E-state index in [2.05, 4.69) is 21.6 Å². The first-order valence-corrected chi connectivity index (χ1v) is 9.65. The van der Waals surface area contributed by atoms with E-state index in [1.165, 1.54) is 25.7 Å². The summed E-state index contributed by atoms with van der Waals surface area (Å²) in [6.45, 7) is 3.10. The fourth-order valence-corrected chi connectivity index (χ4v) is 4.07. The van der Waals surface area contributed by atoms with Gasteiger partial charge in [-0.3, -0.25) is 9.69 Å². The first-order chi connectivity index (χ1) is 12.3. The summed E-state index contributed by atoms with van der Waals surface area (Å²) in [5.74, 6) is 1.05. The predicted molar refractivity (Wildman–Crippen MR) is 99.8 cm³/mol. The molecule has 1 amide bonds. The molecule has 3 rings (SSSR count). The third-order valence-electron chi connectivity index (χ3n) is 5.42. The average molecular weight is 345 g/mol. The van der Waals surface area contributed by atoms with Gasteiger partial charge in [0.15, 0.2) is 0 Å². The molecule has 138 valence electrons. The van der Waals surface area contributed by atoms with Crippen molar-refractivity contribution in [2.75, 3.05) is 33.3 Å². The lowest BCUT2D eigenvalue weighted by Gasteiger charge is -2.36. The normalized spacial score (nSPS) is 23.0. The summed E-state index contributed by atoms with van der Waals surface area (Å²) >= 11 is 0. The second-order valence-corrected chi connectivity index (χ2v) is 7.19. The Bertz CT molecular complexity index is 556. The molecule has 2 N–H and O–H groups in total. The van der Waals surface area contributed by atoms with Gasteiger partial charge < -0.3 is 15.4 Å². The third-order valence-corrected chi connectivity index (χ3v) is 5.42. The lowest BCUT2D eigenvalue weighted by molar-refractivity contribution is -0.123. The van der Waals surface area contributed by atoms with Gasteiger partial charge in [0, 0.05) is 31.2 Å². The predicted octanol–water partition coefficient (Wildman–Crippen LogP) is 2.48. The van der Waals surface area contributed by atoms with Crippen LogP contribution in [0.2, 0.25) is 0 Å². The maximum Gasteiger partial charge on any atom is 0.234 e. The van der Waals surface area contributed by atoms with Crippen molar-refractivity contribution < 1.29 is 9.53 Å². The molecule has 1 saturated carbocycles. The first kappa shape index (κ1) is 18.2. The molecule has 2 aliphatic rings. The summed E-state index contributed by atoms with van der Waals surface area (Å²) in [7, 11) is 1.71. The lowest BCUT2D eigenvalue weighted by Crippen LogP contribution is -2.50. The molecular weight excluding hydrogens is 314 g/mol. The van der Waals surface area contributed by atoms with Crippen LogP contribution in [0.1, 0.15) is 50.1 Å². The Morgan fingerprint density at radius 1 is 1.24 bits per heavy atom. The Hall–Kier alpha value is -1.59. The molecule has 25 heavy (non-hydrogen) atoms. The fourth-order valence-electron chi connectivity index (χ4n) is 4.07. The molecule has 1 aromatic carbocycles. The molecule has 1 aliphatic heterocycles. The van der Waals surface area contributed by atoms with Crippen LogP contribution in [0.5, 0.6) is 5.75 Å². The Balaban J connectivity index is 1.63. The Morgan fingerprint density at radius 3 is 2.76 bits per heavy atom. The molecule has 0 spiro atoms. The van der Waals surface area contributed by atoms with E-state index in [1.807, 2.05) is 18.2 Å². The standard InChI is InChI=1S/C20H31N3O2/c1-25-19-11-7-6-10-17(19)18-14-21-12-13-23(18)15-20(24)22-16-8-4-2-3-5-9-16/h6-7,10-11,16,18,21H,2-5,8-9,12-15H2,1H3,(H,22,24). The molecule has 1 heterocycles. The number of ether oxygens (including phenoxy) is 1. The third kappa shape index (κ3) is 4.95. The number of amides is 1. The molecule has 5 heteroatoms. The van der Waals surface area contributed by atoms with E-state index in [4.69, 9.17) is 4.74 Å². The Morgan fingerprint density at radius 2 is 2.00 bits per heavy atom. The van der Waals surface area contributed by atoms with Crippen molar-refractivity contribution in [1.82, 2.24) is 15.5 Å². The van der Waals surface area contributed by atoms with E-state index in [-0.39, 0.29) is 11.9 Å². The van der Waals surface area contributed by atoms with Crippen molar-refractivity contribution in [3.63, 3.8) is 0 Å². The van der Waals surface area contributed by atoms with E-state index >= 15 is 0 Å². The van der Waals surface area contributed by atoms with E-state index < -0.39 is 0 Å². The quantitative estimate of drug-likeness (QED) is 0.805. The minimum absolute atomic E-state index is 0.161. The monoisotopic (exact) mass is 345 g/mol. The van der Waals surface area contributed by atoms with E-state index in [0.717, 1.165) is 43.8 Å². The van der Waals surface area contributed by atoms with Crippen molar-refractivity contribution in [1.29, 1.82) is 0 Å². The summed E-state index contributed by atoms with van der Waals surface area (Å²) in [6, 6.07) is 8.66. The van der Waals surface area contributed by atoms with Crippen molar-refractivity contribution >= 4 is 5.91 Å². The molecule has 1 unspecified atom stereocenters. The van der Waals surface area contributed by atoms with Gasteiger partial charge in [-0.1, -0.05) is 43.9 Å². The highest BCUT2D eigenvalue weighted by Crippen LogP contribution is 2.29. The van der Waals surface area contributed by atoms with E-state index in [9.17, 15) is 4.79 Å². The van der Waals surface area contributed by atoms with E-state index in [0.29, 0.717) is 12.6 Å². The van der Waals surface area contributed by atoms with Crippen LogP contribution in [0.25, 0.3) is 0 Å². The lowest BCUT2D eigenvalue weighted by atomic mass is 10.0. The first-order valence-electron chi connectivity index (χ1n) is 9.65. The zero-order chi connectivity index (χ0) is 17.5. The zero-order valence-corrected chi connectivity index (χ0v) is 15.3. The van der Waals surface area contributed by atoms with Crippen molar-refractivity contribution in [3.8, 4) is 5.75 Å². The van der Waals surface area contributed by atoms with Crippen LogP contribution in [0.15, 0.2) is 24.3 Å². The minimum Gasteiger partial charge on any atom is -0.496 e. The molecule has 0 aromatic heterocycles. The largest absolute Gasteiger partial charge is 0.496 e. The number of nitrogens with zero attached hydrogens (tertiary/aromatic N) is 1. The number of piperazine rings is 1. The fraction of sp³-hybridized carbons (Fsp3) is 0.650. The summed E-state index contributed by atoms with van der Waals surface area (Å²) in [4.78, 5) is 14.9. The van der Waals surface area contributed by atoms with Crippen LogP contribution in [0, 0.1) is 0 Å². The Labute approximate surface area is 151 Å². The maximum absolute atomic E-state index is 12.6. The van der Waals surface area contributed by atoms with Crippen LogP contribution in [0.4, 0.5) is 0 Å². The maximum atomic E-state index is 12.6. The minimum atomic E-state index is 0.161. The topological polar surface area (TPSA) is 53.6 Å². The van der Waals surface area contributed by atoms with Gasteiger partial charge in [0.2, 0.25) is 5.91 Å². The highest BCUT2D eigenvalue weighted by atomic mass is 16.5. The molecule has 1 aliphatic carbocycles. The van der Waals surface area contributed by atoms with Crippen molar-refractivity contribution in [2.45, 2.75) is 50.6 Å². The van der Waals surface area contributed by atoms with Crippen LogP contribution in [-0.4, -0.2) is 50.1 Å². The van der Waals surface area contributed by atoms with Crippen LogP contribution in [0.3, 0.4) is 0 Å². The zero-order valence-electron chi connectivity index (χ0n) is 15.3. The summed E-state index contributed by atoms with van der Waals surface area (Å²) in [5, 5.41) is 6.72. The number of hydrogen-bond donors (Lipinski definition) is 2. The van der Waals surface area contributed by atoms with Gasteiger partial charge in [0.1, 0.15) is 5.75 Å². The van der Waals surface area contributed by atoms with Gasteiger partial charge >= 0.3 is 0 Å². The van der Waals surface area contributed by atoms with Crippen LogP contribution in [-0.2, 0) is 4.79 Å². The van der Waals surface area contributed by atoms with Gasteiger partial charge in [-0.25, -0.2) is 0 Å². The SMILES string of the molecule is COc1ccccc1C1CNCCN1CC(=O)NC1CCCCCC1. The average Bonchev–Trinajstić information content (AvgIpc) is 2.91. The number of benzene rings is 1. The number of carbonyl (C=O) groups excluding carboxylic acids is 1. The van der Waals surface area contributed by atoms with Crippen molar-refractivity contribution in [3.05, 3.63) is 29.8 Å². The number of rotatable bonds is 5. The molecule has 0 radical (unpaired) electrons. The van der Waals surface area contributed by atoms with Gasteiger partial charge in [-0.15, -0.1) is 0 Å². The molecule has 0 bridgehead atoms. The number of para-hydroxylation sites is 1. The van der Waals surface area contributed by atoms with E-state index in [1.54, 1.807) is 7.11 Å². The molecule has 1 atom stereocenters. The second-order valence-electron chi connectivity index (χ2n) is 7.19. The van der Waals surface area contributed by atoms with Gasteiger partial charge in [-0.05, 0) is 18.9 Å². The number of nitrogens with one attached hydrogen (secondary N) is 2. The molecule has 2 fully saturated rings. The molecule has 5 nitrogen and oxygen atoms in total. The van der Waals surface area contributed by atoms with Gasteiger partial charge in [0.05, 0.1) is 19.7 Å². The Kier molecular flexibility index (Phi) is 6.70. The number of methoxy groups -OCH3 is 1. The summed E-state index contributed by atoms with van der Waals surface area (Å²) in [6.07, 6.45) is 7.34. The summed E-state index contributed by atoms with van der Waals surface area (Å²) < 4.78 is 5.53.